The number of pyridine rings is 1. The molecular formula is C13H12ClNO2. The third-order valence-electron chi connectivity index (χ3n) is 2.57. The standard InChI is InChI=1S/C13H12ClNO2/c1-17-12-5-4-9(11(16)6-7-14)10-3-2-8-15-13(10)12/h2-5,8H,6-7H2,1H3. The van der Waals surface area contributed by atoms with Crippen LogP contribution in [-0.4, -0.2) is 23.8 Å². The van der Waals surface area contributed by atoms with E-state index in [-0.39, 0.29) is 5.78 Å². The van der Waals surface area contributed by atoms with Gasteiger partial charge in [-0.25, -0.2) is 0 Å². The number of methoxy groups -OCH3 is 1. The quantitative estimate of drug-likeness (QED) is 0.618. The summed E-state index contributed by atoms with van der Waals surface area (Å²) in [6.07, 6.45) is 2.01. The Labute approximate surface area is 104 Å². The molecule has 0 unspecified atom stereocenters. The number of ketones is 1. The van der Waals surface area contributed by atoms with Gasteiger partial charge in [-0.1, -0.05) is 6.07 Å². The van der Waals surface area contributed by atoms with Gasteiger partial charge in [0.1, 0.15) is 11.3 Å². The number of carbonyl (C=O) groups is 1. The Morgan fingerprint density at radius 3 is 2.94 bits per heavy atom. The van der Waals surface area contributed by atoms with Gasteiger partial charge in [0, 0.05) is 29.4 Å². The molecule has 0 radical (unpaired) electrons. The highest BCUT2D eigenvalue weighted by molar-refractivity contribution is 6.20. The summed E-state index contributed by atoms with van der Waals surface area (Å²) in [5.41, 5.74) is 1.35. The molecule has 17 heavy (non-hydrogen) atoms. The Balaban J connectivity index is 2.62. The smallest absolute Gasteiger partial charge is 0.164 e. The summed E-state index contributed by atoms with van der Waals surface area (Å²) in [5, 5.41) is 0.807. The van der Waals surface area contributed by atoms with Crippen LogP contribution in [0.15, 0.2) is 30.5 Å². The fourth-order valence-corrected chi connectivity index (χ4v) is 1.95. The molecule has 2 aromatic rings. The highest BCUT2D eigenvalue weighted by Gasteiger charge is 2.12. The van der Waals surface area contributed by atoms with E-state index in [2.05, 4.69) is 4.98 Å². The maximum Gasteiger partial charge on any atom is 0.164 e. The van der Waals surface area contributed by atoms with Gasteiger partial charge in [-0.2, -0.15) is 0 Å². The van der Waals surface area contributed by atoms with E-state index in [1.54, 1.807) is 31.5 Å². The van der Waals surface area contributed by atoms with Crippen molar-refractivity contribution in [2.75, 3.05) is 13.0 Å². The minimum Gasteiger partial charge on any atom is -0.494 e. The molecule has 1 aromatic carbocycles. The maximum absolute atomic E-state index is 11.9. The third-order valence-corrected chi connectivity index (χ3v) is 2.76. The monoisotopic (exact) mass is 249 g/mol. The molecule has 0 N–H and O–H groups in total. The van der Waals surface area contributed by atoms with Crippen LogP contribution in [0.4, 0.5) is 0 Å². The number of alkyl halides is 1. The summed E-state index contributed by atoms with van der Waals surface area (Å²) in [4.78, 5) is 16.2. The van der Waals surface area contributed by atoms with Crippen LogP contribution in [0.3, 0.4) is 0 Å². The number of Topliss-reactive ketones (excluding diaryl/α,β-unsaturated/α-hetero) is 1. The van der Waals surface area contributed by atoms with Crippen LogP contribution in [0.5, 0.6) is 5.75 Å². The topological polar surface area (TPSA) is 39.2 Å². The van der Waals surface area contributed by atoms with Crippen LogP contribution in [-0.2, 0) is 0 Å². The second-order valence-corrected chi connectivity index (χ2v) is 3.96. The molecule has 0 fully saturated rings. The summed E-state index contributed by atoms with van der Waals surface area (Å²) in [5.74, 6) is 1.02. The zero-order chi connectivity index (χ0) is 12.3. The zero-order valence-corrected chi connectivity index (χ0v) is 10.2. The van der Waals surface area contributed by atoms with Crippen molar-refractivity contribution in [2.45, 2.75) is 6.42 Å². The molecule has 0 amide bonds. The van der Waals surface area contributed by atoms with Gasteiger partial charge in [-0.05, 0) is 18.2 Å². The summed E-state index contributed by atoms with van der Waals surface area (Å²) in [7, 11) is 1.59. The summed E-state index contributed by atoms with van der Waals surface area (Å²) in [6, 6.07) is 7.19. The number of aromatic nitrogens is 1. The van der Waals surface area contributed by atoms with Crippen LogP contribution in [0.1, 0.15) is 16.8 Å². The first kappa shape index (κ1) is 11.9. The molecular weight excluding hydrogens is 238 g/mol. The van der Waals surface area contributed by atoms with Gasteiger partial charge in [-0.3, -0.25) is 9.78 Å². The molecule has 1 heterocycles. The summed E-state index contributed by atoms with van der Waals surface area (Å²) >= 11 is 5.59. The summed E-state index contributed by atoms with van der Waals surface area (Å²) < 4.78 is 5.22. The van der Waals surface area contributed by atoms with E-state index in [4.69, 9.17) is 16.3 Å². The average molecular weight is 250 g/mol. The number of ether oxygens (including phenoxy) is 1. The van der Waals surface area contributed by atoms with E-state index in [0.717, 1.165) is 5.39 Å². The second-order valence-electron chi connectivity index (χ2n) is 3.58. The predicted molar refractivity (Wildman–Crippen MR) is 68.0 cm³/mol. The van der Waals surface area contributed by atoms with Gasteiger partial charge in [0.15, 0.2) is 5.78 Å². The maximum atomic E-state index is 11.9. The first-order chi connectivity index (χ1) is 8.27. The highest BCUT2D eigenvalue weighted by atomic mass is 35.5. The molecule has 0 aliphatic rings. The predicted octanol–water partition coefficient (Wildman–Crippen LogP) is 3.06. The van der Waals surface area contributed by atoms with Gasteiger partial charge < -0.3 is 4.74 Å². The van der Waals surface area contributed by atoms with Gasteiger partial charge in [0.05, 0.1) is 7.11 Å². The van der Waals surface area contributed by atoms with Gasteiger partial charge >= 0.3 is 0 Å². The van der Waals surface area contributed by atoms with Crippen LogP contribution in [0.2, 0.25) is 0 Å². The van der Waals surface area contributed by atoms with Crippen LogP contribution in [0.25, 0.3) is 10.9 Å². The van der Waals surface area contributed by atoms with Crippen molar-refractivity contribution in [3.63, 3.8) is 0 Å². The average Bonchev–Trinajstić information content (AvgIpc) is 2.37. The van der Waals surface area contributed by atoms with Crippen molar-refractivity contribution in [1.82, 2.24) is 4.98 Å². The molecule has 0 aliphatic carbocycles. The van der Waals surface area contributed by atoms with E-state index in [9.17, 15) is 4.79 Å². The van der Waals surface area contributed by atoms with Crippen molar-refractivity contribution in [3.8, 4) is 5.75 Å². The fraction of sp³-hybridized carbons (Fsp3) is 0.231. The molecule has 0 saturated heterocycles. The molecule has 2 rings (SSSR count). The van der Waals surface area contributed by atoms with Crippen molar-refractivity contribution >= 4 is 28.3 Å². The highest BCUT2D eigenvalue weighted by Crippen LogP contribution is 2.27. The minimum atomic E-state index is 0.0284. The lowest BCUT2D eigenvalue weighted by atomic mass is 10.0. The Morgan fingerprint density at radius 1 is 1.41 bits per heavy atom. The van der Waals surface area contributed by atoms with Crippen molar-refractivity contribution in [2.24, 2.45) is 0 Å². The van der Waals surface area contributed by atoms with Gasteiger partial charge in [0.25, 0.3) is 0 Å². The molecule has 0 saturated carbocycles. The minimum absolute atomic E-state index is 0.0284. The SMILES string of the molecule is COc1ccc(C(=O)CCCl)c2cccnc12. The molecule has 88 valence electrons. The lowest BCUT2D eigenvalue weighted by Gasteiger charge is -2.08. The number of rotatable bonds is 4. The number of halogens is 1. The van der Waals surface area contributed by atoms with Crippen molar-refractivity contribution in [3.05, 3.63) is 36.0 Å². The molecule has 0 aliphatic heterocycles. The third kappa shape index (κ3) is 2.24. The molecule has 0 bridgehead atoms. The van der Waals surface area contributed by atoms with E-state index >= 15 is 0 Å². The van der Waals surface area contributed by atoms with E-state index in [1.807, 2.05) is 6.07 Å². The van der Waals surface area contributed by atoms with Crippen LogP contribution < -0.4 is 4.74 Å². The van der Waals surface area contributed by atoms with E-state index in [0.29, 0.717) is 29.1 Å². The molecule has 4 heteroatoms. The van der Waals surface area contributed by atoms with Crippen LogP contribution in [0, 0.1) is 0 Å². The lowest BCUT2D eigenvalue weighted by Crippen LogP contribution is -2.02. The zero-order valence-electron chi connectivity index (χ0n) is 9.44. The largest absolute Gasteiger partial charge is 0.494 e. The number of fused-ring (bicyclic) bond motifs is 1. The van der Waals surface area contributed by atoms with Gasteiger partial charge in [-0.15, -0.1) is 11.6 Å². The first-order valence-corrected chi connectivity index (χ1v) is 5.82. The van der Waals surface area contributed by atoms with E-state index < -0.39 is 0 Å². The van der Waals surface area contributed by atoms with Crippen LogP contribution >= 0.6 is 11.6 Å². The molecule has 0 atom stereocenters. The van der Waals surface area contributed by atoms with Gasteiger partial charge in [0.2, 0.25) is 0 Å². The molecule has 3 nitrogen and oxygen atoms in total. The van der Waals surface area contributed by atoms with Crippen molar-refractivity contribution in [1.29, 1.82) is 0 Å². The molecule has 1 aromatic heterocycles. The van der Waals surface area contributed by atoms with E-state index in [1.165, 1.54) is 0 Å². The number of hydrogen-bond donors (Lipinski definition) is 0. The first-order valence-electron chi connectivity index (χ1n) is 5.29. The summed E-state index contributed by atoms with van der Waals surface area (Å²) in [6.45, 7) is 0. The number of benzene rings is 1. The number of nitrogens with zero attached hydrogens (tertiary/aromatic N) is 1. The Morgan fingerprint density at radius 2 is 2.24 bits per heavy atom. The Kier molecular flexibility index (Phi) is 3.59. The Hall–Kier alpha value is -1.61. The Bertz CT molecular complexity index is 554. The number of carbonyl (C=O) groups excluding carboxylic acids is 1. The second kappa shape index (κ2) is 5.15. The number of hydrogen-bond acceptors (Lipinski definition) is 3. The lowest BCUT2D eigenvalue weighted by molar-refractivity contribution is 0.0991. The normalized spacial score (nSPS) is 10.5. The molecule has 0 spiro atoms. The fourth-order valence-electron chi connectivity index (χ4n) is 1.78. The van der Waals surface area contributed by atoms with Crippen molar-refractivity contribution < 1.29 is 9.53 Å².